The summed E-state index contributed by atoms with van der Waals surface area (Å²) in [6.45, 7) is 4.47. The molecule has 4 heteroatoms. The van der Waals surface area contributed by atoms with E-state index in [9.17, 15) is 0 Å². The van der Waals surface area contributed by atoms with E-state index in [1.165, 1.54) is 25.7 Å². The van der Waals surface area contributed by atoms with Crippen molar-refractivity contribution in [2.45, 2.75) is 51.4 Å². The normalized spacial score (nSPS) is 36.4. The van der Waals surface area contributed by atoms with E-state index in [0.29, 0.717) is 0 Å². The highest BCUT2D eigenvalue weighted by atomic mass is 79.9. The van der Waals surface area contributed by atoms with Crippen molar-refractivity contribution < 1.29 is 14.2 Å². The molecule has 0 aromatic carbocycles. The van der Waals surface area contributed by atoms with Crippen LogP contribution in [-0.2, 0) is 14.2 Å². The SMILES string of the molecule is CC12COC(CCCCCCCBr)(OC1)OC2. The van der Waals surface area contributed by atoms with Gasteiger partial charge < -0.3 is 14.2 Å². The van der Waals surface area contributed by atoms with E-state index in [1.54, 1.807) is 0 Å². The molecule has 0 atom stereocenters. The second-order valence-electron chi connectivity index (χ2n) is 5.57. The number of hydrogen-bond donors (Lipinski definition) is 0. The Kier molecular flexibility index (Phi) is 4.87. The smallest absolute Gasteiger partial charge is 0.282 e. The fourth-order valence-electron chi connectivity index (χ4n) is 2.29. The Morgan fingerprint density at radius 3 is 2.00 bits per heavy atom. The first-order valence-corrected chi connectivity index (χ1v) is 7.78. The van der Waals surface area contributed by atoms with E-state index in [-0.39, 0.29) is 5.41 Å². The molecule has 3 aliphatic heterocycles. The lowest BCUT2D eigenvalue weighted by atomic mass is 9.91. The van der Waals surface area contributed by atoms with Gasteiger partial charge in [0.15, 0.2) is 0 Å². The molecule has 0 aromatic heterocycles. The molecule has 100 valence electrons. The van der Waals surface area contributed by atoms with Crippen LogP contribution in [0.5, 0.6) is 0 Å². The Hall–Kier alpha value is 0.360. The van der Waals surface area contributed by atoms with Crippen LogP contribution in [0.15, 0.2) is 0 Å². The molecular formula is C13H23BrO3. The van der Waals surface area contributed by atoms with Crippen LogP contribution in [-0.4, -0.2) is 31.1 Å². The summed E-state index contributed by atoms with van der Waals surface area (Å²) >= 11 is 3.45. The molecule has 0 saturated carbocycles. The Morgan fingerprint density at radius 2 is 1.41 bits per heavy atom. The average Bonchev–Trinajstić information content (AvgIpc) is 2.36. The third kappa shape index (κ3) is 3.66. The second kappa shape index (κ2) is 6.00. The summed E-state index contributed by atoms with van der Waals surface area (Å²) in [5.41, 5.74) is 0.0810. The molecule has 3 heterocycles. The largest absolute Gasteiger partial charge is 0.327 e. The highest BCUT2D eigenvalue weighted by molar-refractivity contribution is 9.09. The lowest BCUT2D eigenvalue weighted by Gasteiger charge is -2.50. The number of fused-ring (bicyclic) bond motifs is 3. The quantitative estimate of drug-likeness (QED) is 0.532. The zero-order chi connectivity index (χ0) is 12.2. The Bertz CT molecular complexity index is 220. The van der Waals surface area contributed by atoms with Crippen LogP contribution in [0.25, 0.3) is 0 Å². The van der Waals surface area contributed by atoms with Gasteiger partial charge in [0.2, 0.25) is 0 Å². The van der Waals surface area contributed by atoms with Crippen molar-refractivity contribution in [3.8, 4) is 0 Å². The van der Waals surface area contributed by atoms with E-state index in [1.807, 2.05) is 0 Å². The van der Waals surface area contributed by atoms with E-state index in [0.717, 1.165) is 38.0 Å². The molecule has 2 bridgehead atoms. The maximum Gasteiger partial charge on any atom is 0.282 e. The van der Waals surface area contributed by atoms with Crippen LogP contribution in [0.1, 0.15) is 45.4 Å². The molecule has 3 saturated heterocycles. The van der Waals surface area contributed by atoms with Crippen LogP contribution in [0, 0.1) is 5.41 Å². The van der Waals surface area contributed by atoms with E-state index >= 15 is 0 Å². The predicted octanol–water partition coefficient (Wildman–Crippen LogP) is 3.46. The average molecular weight is 307 g/mol. The first-order chi connectivity index (χ1) is 8.18. The molecular weight excluding hydrogens is 284 g/mol. The van der Waals surface area contributed by atoms with Gasteiger partial charge in [-0.05, 0) is 12.8 Å². The van der Waals surface area contributed by atoms with E-state index in [4.69, 9.17) is 14.2 Å². The van der Waals surface area contributed by atoms with Gasteiger partial charge in [-0.15, -0.1) is 0 Å². The third-order valence-corrected chi connectivity index (χ3v) is 4.10. The standard InChI is InChI=1S/C13H23BrO3/c1-12-9-15-13(16-10-12,17-11-12)7-5-3-2-4-6-8-14/h2-11H2,1H3. The minimum atomic E-state index is -0.701. The van der Waals surface area contributed by atoms with Gasteiger partial charge in [-0.2, -0.15) is 0 Å². The lowest BCUT2D eigenvalue weighted by Crippen LogP contribution is -2.58. The van der Waals surface area contributed by atoms with Crippen molar-refractivity contribution in [2.24, 2.45) is 5.41 Å². The van der Waals surface area contributed by atoms with Gasteiger partial charge in [0.1, 0.15) is 0 Å². The molecule has 0 aromatic rings. The van der Waals surface area contributed by atoms with Gasteiger partial charge >= 0.3 is 0 Å². The summed E-state index contributed by atoms with van der Waals surface area (Å²) in [5, 5.41) is 1.12. The van der Waals surface area contributed by atoms with Crippen LogP contribution >= 0.6 is 15.9 Å². The first kappa shape index (κ1) is 13.8. The van der Waals surface area contributed by atoms with Crippen molar-refractivity contribution in [2.75, 3.05) is 25.2 Å². The minimum absolute atomic E-state index is 0.0810. The summed E-state index contributed by atoms with van der Waals surface area (Å²) in [5.74, 6) is -0.701. The highest BCUT2D eigenvalue weighted by Crippen LogP contribution is 2.40. The highest BCUT2D eigenvalue weighted by Gasteiger charge is 2.49. The number of unbranched alkanes of at least 4 members (excludes halogenated alkanes) is 4. The summed E-state index contributed by atoms with van der Waals surface area (Å²) in [4.78, 5) is 0. The maximum absolute atomic E-state index is 5.74. The molecule has 3 fully saturated rings. The topological polar surface area (TPSA) is 27.7 Å². The fourth-order valence-corrected chi connectivity index (χ4v) is 2.68. The number of ether oxygens (including phenoxy) is 3. The zero-order valence-corrected chi connectivity index (χ0v) is 12.3. The van der Waals surface area contributed by atoms with Crippen LogP contribution < -0.4 is 0 Å². The molecule has 0 N–H and O–H groups in total. The minimum Gasteiger partial charge on any atom is -0.327 e. The molecule has 0 amide bonds. The van der Waals surface area contributed by atoms with E-state index in [2.05, 4.69) is 22.9 Å². The Morgan fingerprint density at radius 1 is 0.882 bits per heavy atom. The molecule has 0 aliphatic carbocycles. The van der Waals surface area contributed by atoms with Crippen LogP contribution in [0.3, 0.4) is 0 Å². The third-order valence-electron chi connectivity index (χ3n) is 3.54. The Balaban J connectivity index is 1.62. The predicted molar refractivity (Wildman–Crippen MR) is 70.2 cm³/mol. The second-order valence-corrected chi connectivity index (χ2v) is 6.36. The summed E-state index contributed by atoms with van der Waals surface area (Å²) in [6.07, 6.45) is 7.10. The van der Waals surface area contributed by atoms with Crippen LogP contribution in [0.4, 0.5) is 0 Å². The molecule has 0 radical (unpaired) electrons. The van der Waals surface area contributed by atoms with Crippen molar-refractivity contribution in [3.63, 3.8) is 0 Å². The monoisotopic (exact) mass is 306 g/mol. The summed E-state index contributed by atoms with van der Waals surface area (Å²) < 4.78 is 17.2. The molecule has 17 heavy (non-hydrogen) atoms. The number of hydrogen-bond acceptors (Lipinski definition) is 3. The molecule has 3 aliphatic rings. The maximum atomic E-state index is 5.74. The first-order valence-electron chi connectivity index (χ1n) is 6.66. The molecule has 0 spiro atoms. The van der Waals surface area contributed by atoms with Gasteiger partial charge in [-0.1, -0.05) is 42.1 Å². The zero-order valence-electron chi connectivity index (χ0n) is 10.7. The van der Waals surface area contributed by atoms with Gasteiger partial charge in [-0.25, -0.2) is 0 Å². The van der Waals surface area contributed by atoms with E-state index < -0.39 is 5.97 Å². The fraction of sp³-hybridized carbons (Fsp3) is 1.00. The lowest BCUT2D eigenvalue weighted by molar-refractivity contribution is -0.467. The Labute approximate surface area is 112 Å². The molecule has 3 rings (SSSR count). The molecule has 0 unspecified atom stereocenters. The van der Waals surface area contributed by atoms with Gasteiger partial charge in [0.25, 0.3) is 5.97 Å². The van der Waals surface area contributed by atoms with Crippen molar-refractivity contribution in [1.82, 2.24) is 0 Å². The van der Waals surface area contributed by atoms with Crippen molar-refractivity contribution >= 4 is 15.9 Å². The van der Waals surface area contributed by atoms with Crippen LogP contribution in [0.2, 0.25) is 0 Å². The number of rotatable bonds is 7. The number of alkyl halides is 1. The summed E-state index contributed by atoms with van der Waals surface area (Å²) in [6, 6.07) is 0. The van der Waals surface area contributed by atoms with Crippen molar-refractivity contribution in [3.05, 3.63) is 0 Å². The van der Waals surface area contributed by atoms with Gasteiger partial charge in [0, 0.05) is 17.2 Å². The van der Waals surface area contributed by atoms with Gasteiger partial charge in [0.05, 0.1) is 19.8 Å². The van der Waals surface area contributed by atoms with Gasteiger partial charge in [-0.3, -0.25) is 0 Å². The molecule has 3 nitrogen and oxygen atoms in total. The number of halogens is 1. The van der Waals surface area contributed by atoms with Crippen molar-refractivity contribution in [1.29, 1.82) is 0 Å². The summed E-state index contributed by atoms with van der Waals surface area (Å²) in [7, 11) is 0.